The largest absolute Gasteiger partial charge is 0.380 e. The number of rotatable bonds is 6. The third-order valence-electron chi connectivity index (χ3n) is 6.18. The topological polar surface area (TPSA) is 44.8 Å². The Morgan fingerprint density at radius 2 is 1.85 bits per heavy atom. The van der Waals surface area contributed by atoms with Gasteiger partial charge in [0.05, 0.1) is 6.61 Å². The molecule has 27 heavy (non-hydrogen) atoms. The van der Waals surface area contributed by atoms with Crippen LogP contribution in [-0.4, -0.2) is 55.2 Å². The summed E-state index contributed by atoms with van der Waals surface area (Å²) in [5, 5.41) is 3.02. The summed E-state index contributed by atoms with van der Waals surface area (Å²) in [5.41, 5.74) is 1.96. The lowest BCUT2D eigenvalue weighted by Gasteiger charge is -2.36. The van der Waals surface area contributed by atoms with E-state index in [-0.39, 0.29) is 6.03 Å². The molecule has 150 valence electrons. The highest BCUT2D eigenvalue weighted by atomic mass is 16.5. The molecule has 2 saturated heterocycles. The molecule has 1 unspecified atom stereocenters. The molecule has 0 bridgehead atoms. The van der Waals surface area contributed by atoms with Crippen molar-refractivity contribution < 1.29 is 9.53 Å². The molecule has 1 aromatic carbocycles. The first-order chi connectivity index (χ1) is 13.2. The van der Waals surface area contributed by atoms with Crippen molar-refractivity contribution in [2.24, 2.45) is 5.92 Å². The van der Waals surface area contributed by atoms with Crippen molar-refractivity contribution in [1.82, 2.24) is 9.80 Å². The summed E-state index contributed by atoms with van der Waals surface area (Å²) in [7, 11) is 1.69. The first-order valence-electron chi connectivity index (χ1n) is 10.5. The number of methoxy groups -OCH3 is 1. The summed E-state index contributed by atoms with van der Waals surface area (Å²) < 4.78 is 5.12. The molecular weight excluding hydrogens is 338 g/mol. The van der Waals surface area contributed by atoms with E-state index in [1.165, 1.54) is 38.8 Å². The maximum Gasteiger partial charge on any atom is 0.321 e. The minimum absolute atomic E-state index is 0.0256. The van der Waals surface area contributed by atoms with Gasteiger partial charge in [-0.2, -0.15) is 0 Å². The highest BCUT2D eigenvalue weighted by Gasteiger charge is 2.24. The minimum atomic E-state index is 0.0256. The van der Waals surface area contributed by atoms with Crippen LogP contribution in [0.15, 0.2) is 24.3 Å². The number of nitrogens with zero attached hydrogens (tertiary/aromatic N) is 2. The maximum atomic E-state index is 12.5. The number of benzene rings is 1. The average Bonchev–Trinajstić information content (AvgIpc) is 2.69. The van der Waals surface area contributed by atoms with E-state index in [0.29, 0.717) is 6.61 Å². The summed E-state index contributed by atoms with van der Waals surface area (Å²) in [6.45, 7) is 7.20. The zero-order valence-electron chi connectivity index (χ0n) is 17.0. The number of nitrogens with one attached hydrogen (secondary N) is 1. The molecule has 0 aliphatic carbocycles. The molecule has 2 amide bonds. The average molecular weight is 374 g/mol. The first-order valence-corrected chi connectivity index (χ1v) is 10.5. The molecule has 3 rings (SSSR count). The van der Waals surface area contributed by atoms with E-state index >= 15 is 0 Å². The van der Waals surface area contributed by atoms with Gasteiger partial charge in [0.15, 0.2) is 0 Å². The van der Waals surface area contributed by atoms with Gasteiger partial charge < -0.3 is 19.9 Å². The van der Waals surface area contributed by atoms with Gasteiger partial charge in [-0.25, -0.2) is 4.79 Å². The van der Waals surface area contributed by atoms with Gasteiger partial charge >= 0.3 is 6.03 Å². The summed E-state index contributed by atoms with van der Waals surface area (Å²) in [6, 6.07) is 8.65. The number of piperidine rings is 2. The zero-order chi connectivity index (χ0) is 19.1. The number of hydrogen-bond donors (Lipinski definition) is 1. The van der Waals surface area contributed by atoms with Crippen molar-refractivity contribution in [1.29, 1.82) is 0 Å². The van der Waals surface area contributed by atoms with Crippen LogP contribution in [0.25, 0.3) is 0 Å². The number of ether oxygens (including phenoxy) is 1. The monoisotopic (exact) mass is 373 g/mol. The van der Waals surface area contributed by atoms with Crippen molar-refractivity contribution in [2.75, 3.05) is 38.6 Å². The fourth-order valence-electron chi connectivity index (χ4n) is 4.32. The van der Waals surface area contributed by atoms with Crippen LogP contribution in [0.3, 0.4) is 0 Å². The lowest BCUT2D eigenvalue weighted by molar-refractivity contribution is 0.134. The second kappa shape index (κ2) is 10.1. The minimum Gasteiger partial charge on any atom is -0.380 e. The maximum absolute atomic E-state index is 12.5. The van der Waals surface area contributed by atoms with Gasteiger partial charge in [0.1, 0.15) is 0 Å². The first kappa shape index (κ1) is 20.2. The summed E-state index contributed by atoms with van der Waals surface area (Å²) in [5.74, 6) is 0.761. The van der Waals surface area contributed by atoms with Crippen molar-refractivity contribution in [3.63, 3.8) is 0 Å². The molecule has 2 fully saturated rings. The third kappa shape index (κ3) is 5.94. The molecule has 1 aromatic rings. The Labute approximate surface area is 164 Å². The highest BCUT2D eigenvalue weighted by molar-refractivity contribution is 5.89. The van der Waals surface area contributed by atoms with Crippen LogP contribution in [0.1, 0.15) is 51.0 Å². The van der Waals surface area contributed by atoms with E-state index in [4.69, 9.17) is 4.74 Å². The van der Waals surface area contributed by atoms with Crippen LogP contribution in [0, 0.1) is 5.92 Å². The fourth-order valence-corrected chi connectivity index (χ4v) is 4.32. The van der Waals surface area contributed by atoms with Crippen LogP contribution in [0.5, 0.6) is 0 Å². The van der Waals surface area contributed by atoms with E-state index in [0.717, 1.165) is 49.1 Å². The molecule has 0 spiro atoms. The molecule has 5 nitrogen and oxygen atoms in total. The van der Waals surface area contributed by atoms with Crippen molar-refractivity contribution in [3.8, 4) is 0 Å². The SMILES string of the molecule is COCc1ccc(NC(=O)N2CCC(CCN3CCCCC3C)CC2)cc1. The predicted octanol–water partition coefficient (Wildman–Crippen LogP) is 4.34. The Morgan fingerprint density at radius 1 is 1.11 bits per heavy atom. The predicted molar refractivity (Wildman–Crippen MR) is 110 cm³/mol. The number of carbonyl (C=O) groups excluding carboxylic acids is 1. The molecule has 1 atom stereocenters. The number of carbonyl (C=O) groups is 1. The number of likely N-dealkylation sites (tertiary alicyclic amines) is 2. The normalized spacial score (nSPS) is 22.0. The molecule has 0 aromatic heterocycles. The van der Waals surface area contributed by atoms with Crippen molar-refractivity contribution in [2.45, 2.75) is 58.1 Å². The molecule has 2 aliphatic rings. The van der Waals surface area contributed by atoms with Gasteiger partial charge in [0.25, 0.3) is 0 Å². The Morgan fingerprint density at radius 3 is 2.52 bits per heavy atom. The van der Waals surface area contributed by atoms with E-state index in [2.05, 4.69) is 17.1 Å². The molecule has 2 heterocycles. The second-order valence-electron chi connectivity index (χ2n) is 8.16. The van der Waals surface area contributed by atoms with E-state index < -0.39 is 0 Å². The molecule has 0 saturated carbocycles. The van der Waals surface area contributed by atoms with Crippen LogP contribution in [0.4, 0.5) is 10.5 Å². The summed E-state index contributed by atoms with van der Waals surface area (Å²) in [6.07, 6.45) is 7.63. The lowest BCUT2D eigenvalue weighted by Crippen LogP contribution is -2.42. The quantitative estimate of drug-likeness (QED) is 0.807. The van der Waals surface area contributed by atoms with Gasteiger partial charge in [0.2, 0.25) is 0 Å². The van der Waals surface area contributed by atoms with Crippen LogP contribution < -0.4 is 5.32 Å². The number of hydrogen-bond acceptors (Lipinski definition) is 3. The van der Waals surface area contributed by atoms with E-state index in [1.54, 1.807) is 7.11 Å². The number of anilines is 1. The molecule has 1 N–H and O–H groups in total. The standard InChI is InChI=1S/C22H35N3O2/c1-18-5-3-4-13-24(18)14-10-19-11-15-25(16-12-19)22(26)23-21-8-6-20(7-9-21)17-27-2/h6-9,18-19H,3-5,10-17H2,1-2H3,(H,23,26). The third-order valence-corrected chi connectivity index (χ3v) is 6.18. The van der Waals surface area contributed by atoms with Gasteiger partial charge in [-0.1, -0.05) is 18.6 Å². The van der Waals surface area contributed by atoms with E-state index in [9.17, 15) is 4.79 Å². The van der Waals surface area contributed by atoms with Gasteiger partial charge in [-0.3, -0.25) is 0 Å². The summed E-state index contributed by atoms with van der Waals surface area (Å²) >= 11 is 0. The van der Waals surface area contributed by atoms with Gasteiger partial charge in [-0.15, -0.1) is 0 Å². The van der Waals surface area contributed by atoms with Crippen molar-refractivity contribution >= 4 is 11.7 Å². The molecule has 2 aliphatic heterocycles. The van der Waals surface area contributed by atoms with E-state index in [1.807, 2.05) is 29.2 Å². The Balaban J connectivity index is 1.38. The van der Waals surface area contributed by atoms with Crippen LogP contribution in [0.2, 0.25) is 0 Å². The van der Waals surface area contributed by atoms with Crippen LogP contribution >= 0.6 is 0 Å². The Kier molecular flexibility index (Phi) is 7.53. The van der Waals surface area contributed by atoms with Crippen molar-refractivity contribution in [3.05, 3.63) is 29.8 Å². The highest BCUT2D eigenvalue weighted by Crippen LogP contribution is 2.24. The Bertz CT molecular complexity index is 582. The smallest absolute Gasteiger partial charge is 0.321 e. The second-order valence-corrected chi connectivity index (χ2v) is 8.16. The molecule has 0 radical (unpaired) electrons. The van der Waals surface area contributed by atoms with Gasteiger partial charge in [-0.05, 0) is 75.7 Å². The zero-order valence-corrected chi connectivity index (χ0v) is 17.0. The van der Waals surface area contributed by atoms with Gasteiger partial charge in [0, 0.05) is 31.9 Å². The molecular formula is C22H35N3O2. The van der Waals surface area contributed by atoms with Crippen LogP contribution in [-0.2, 0) is 11.3 Å². The Hall–Kier alpha value is -1.59. The number of urea groups is 1. The lowest BCUT2D eigenvalue weighted by atomic mass is 9.92. The fraction of sp³-hybridized carbons (Fsp3) is 0.682. The summed E-state index contributed by atoms with van der Waals surface area (Å²) in [4.78, 5) is 17.1. The molecule has 5 heteroatoms. The number of amides is 2.